The Hall–Kier alpha value is -2.06. The number of hydrogen-bond acceptors (Lipinski definition) is 4. The monoisotopic (exact) mass is 449 g/mol. The number of nitrogens with zero attached hydrogens (tertiary/aromatic N) is 2. The molecule has 2 aromatic carbocycles. The van der Waals surface area contributed by atoms with Crippen molar-refractivity contribution >= 4 is 27.6 Å². The molecule has 162 valence electrons. The van der Waals surface area contributed by atoms with Gasteiger partial charge >= 0.3 is 0 Å². The van der Waals surface area contributed by atoms with Crippen LogP contribution >= 0.6 is 11.8 Å². The topological polar surface area (TPSA) is 61.8 Å². The van der Waals surface area contributed by atoms with Gasteiger partial charge < -0.3 is 10.2 Å². The van der Waals surface area contributed by atoms with Gasteiger partial charge in [-0.2, -0.15) is 0 Å². The minimum absolute atomic E-state index is 0.0962. The van der Waals surface area contributed by atoms with Crippen molar-refractivity contribution in [3.8, 4) is 0 Å². The number of guanidine groups is 1. The van der Waals surface area contributed by atoms with Gasteiger partial charge in [0.2, 0.25) is 0 Å². The first-order chi connectivity index (χ1) is 14.5. The molecule has 0 spiro atoms. The van der Waals surface area contributed by atoms with Crippen molar-refractivity contribution in [3.63, 3.8) is 0 Å². The minimum Gasteiger partial charge on any atom is -0.357 e. The number of thioether (sulfide) groups is 1. The van der Waals surface area contributed by atoms with Crippen molar-refractivity contribution in [2.45, 2.75) is 23.1 Å². The second kappa shape index (κ2) is 10.8. The molecule has 0 saturated carbocycles. The Kier molecular flexibility index (Phi) is 8.16. The van der Waals surface area contributed by atoms with E-state index < -0.39 is 15.7 Å². The smallest absolute Gasteiger partial charge is 0.193 e. The highest BCUT2D eigenvalue weighted by Crippen LogP contribution is 2.26. The predicted molar refractivity (Wildman–Crippen MR) is 121 cm³/mol. The molecule has 1 fully saturated rings. The Balaban J connectivity index is 1.56. The quantitative estimate of drug-likeness (QED) is 0.378. The zero-order chi connectivity index (χ0) is 21.4. The van der Waals surface area contributed by atoms with E-state index in [1.807, 2.05) is 24.8 Å². The maximum Gasteiger partial charge on any atom is 0.193 e. The predicted octanol–water partition coefficient (Wildman–Crippen LogP) is 3.68. The first-order valence-electron chi connectivity index (χ1n) is 10.2. The van der Waals surface area contributed by atoms with Gasteiger partial charge in [0.05, 0.1) is 12.3 Å². The van der Waals surface area contributed by atoms with Crippen LogP contribution in [-0.4, -0.2) is 57.0 Å². The van der Waals surface area contributed by atoms with Crippen molar-refractivity contribution in [2.24, 2.45) is 10.9 Å². The van der Waals surface area contributed by atoms with E-state index in [4.69, 9.17) is 0 Å². The zero-order valence-electron chi connectivity index (χ0n) is 17.1. The lowest BCUT2D eigenvalue weighted by Crippen LogP contribution is -2.40. The largest absolute Gasteiger partial charge is 0.357 e. The Morgan fingerprint density at radius 2 is 1.93 bits per heavy atom. The van der Waals surface area contributed by atoms with E-state index in [9.17, 15) is 12.8 Å². The third-order valence-electron chi connectivity index (χ3n) is 4.94. The summed E-state index contributed by atoms with van der Waals surface area (Å²) in [7, 11) is -3.71. The van der Waals surface area contributed by atoms with E-state index in [1.54, 1.807) is 0 Å². The van der Waals surface area contributed by atoms with Crippen molar-refractivity contribution in [2.75, 3.05) is 37.7 Å². The Morgan fingerprint density at radius 1 is 1.20 bits per heavy atom. The second-order valence-electron chi connectivity index (χ2n) is 7.21. The zero-order valence-corrected chi connectivity index (χ0v) is 18.8. The summed E-state index contributed by atoms with van der Waals surface area (Å²) in [5, 5.41) is 3.26. The highest BCUT2D eigenvalue weighted by Gasteiger charge is 2.25. The van der Waals surface area contributed by atoms with Crippen LogP contribution in [0.5, 0.6) is 0 Å². The van der Waals surface area contributed by atoms with Crippen molar-refractivity contribution < 1.29 is 12.8 Å². The number of hydrogen-bond donors (Lipinski definition) is 1. The van der Waals surface area contributed by atoms with Gasteiger partial charge in [-0.3, -0.25) is 4.99 Å². The van der Waals surface area contributed by atoms with Gasteiger partial charge in [0.1, 0.15) is 10.7 Å². The van der Waals surface area contributed by atoms with Crippen LogP contribution < -0.4 is 5.32 Å². The van der Waals surface area contributed by atoms with E-state index in [0.717, 1.165) is 37.3 Å². The van der Waals surface area contributed by atoms with Crippen molar-refractivity contribution in [1.29, 1.82) is 0 Å². The van der Waals surface area contributed by atoms with Crippen LogP contribution in [0.15, 0.2) is 69.4 Å². The average Bonchev–Trinajstić information content (AvgIpc) is 3.21. The van der Waals surface area contributed by atoms with Crippen LogP contribution in [0.4, 0.5) is 4.39 Å². The molecule has 1 atom stereocenters. The van der Waals surface area contributed by atoms with Gasteiger partial charge in [0.15, 0.2) is 15.8 Å². The van der Waals surface area contributed by atoms with Gasteiger partial charge in [-0.25, -0.2) is 12.8 Å². The van der Waals surface area contributed by atoms with Gasteiger partial charge in [0, 0.05) is 30.3 Å². The molecule has 0 aliphatic carbocycles. The number of aliphatic imine (C=N–C) groups is 1. The molecule has 2 aromatic rings. The van der Waals surface area contributed by atoms with Crippen LogP contribution in [0.2, 0.25) is 0 Å². The summed E-state index contributed by atoms with van der Waals surface area (Å²) in [6, 6.07) is 15.8. The second-order valence-corrected chi connectivity index (χ2v) is 10.4. The summed E-state index contributed by atoms with van der Waals surface area (Å²) in [5.74, 6) is 1.40. The molecule has 0 amide bonds. The highest BCUT2D eigenvalue weighted by atomic mass is 32.2. The van der Waals surface area contributed by atoms with Crippen LogP contribution in [-0.2, 0) is 9.84 Å². The van der Waals surface area contributed by atoms with Gasteiger partial charge in [-0.15, -0.1) is 11.8 Å². The standard InChI is InChI=1S/C22H28FN3O2S2/c1-2-24-22(25-13-15-30(27,28)21-11-7-6-10-20(21)23)26-14-12-18(16-26)17-29-19-8-4-3-5-9-19/h3-11,18H,2,12-17H2,1H3,(H,24,25). The van der Waals surface area contributed by atoms with Crippen LogP contribution in [0.25, 0.3) is 0 Å². The van der Waals surface area contributed by atoms with Gasteiger partial charge in [0.25, 0.3) is 0 Å². The average molecular weight is 450 g/mol. The molecule has 8 heteroatoms. The number of halogens is 1. The highest BCUT2D eigenvalue weighted by molar-refractivity contribution is 7.99. The van der Waals surface area contributed by atoms with Gasteiger partial charge in [-0.1, -0.05) is 30.3 Å². The Labute approximate surface area is 182 Å². The van der Waals surface area contributed by atoms with E-state index in [2.05, 4.69) is 39.5 Å². The molecule has 0 aromatic heterocycles. The van der Waals surface area contributed by atoms with Crippen molar-refractivity contribution in [3.05, 3.63) is 60.4 Å². The lowest BCUT2D eigenvalue weighted by molar-refractivity contribution is 0.475. The number of rotatable bonds is 8. The number of benzene rings is 2. The molecule has 0 radical (unpaired) electrons. The third kappa shape index (κ3) is 6.22. The lowest BCUT2D eigenvalue weighted by Gasteiger charge is -2.21. The normalized spacial score (nSPS) is 17.3. The van der Waals surface area contributed by atoms with E-state index in [-0.39, 0.29) is 17.2 Å². The first kappa shape index (κ1) is 22.6. The number of nitrogens with one attached hydrogen (secondary N) is 1. The minimum atomic E-state index is -3.71. The fourth-order valence-corrected chi connectivity index (χ4v) is 5.65. The fraction of sp³-hybridized carbons (Fsp3) is 0.409. The van der Waals surface area contributed by atoms with E-state index in [1.165, 1.54) is 23.1 Å². The van der Waals surface area contributed by atoms with E-state index in [0.29, 0.717) is 12.5 Å². The summed E-state index contributed by atoms with van der Waals surface area (Å²) in [6.07, 6.45) is 1.08. The summed E-state index contributed by atoms with van der Waals surface area (Å²) in [4.78, 5) is 7.71. The molecule has 1 N–H and O–H groups in total. The maximum atomic E-state index is 13.8. The molecular weight excluding hydrogens is 421 g/mol. The van der Waals surface area contributed by atoms with Crippen LogP contribution in [0, 0.1) is 11.7 Å². The molecular formula is C22H28FN3O2S2. The summed E-state index contributed by atoms with van der Waals surface area (Å²) in [5.41, 5.74) is 0. The molecule has 0 bridgehead atoms. The Bertz CT molecular complexity index is 952. The summed E-state index contributed by atoms with van der Waals surface area (Å²) in [6.45, 7) is 4.58. The molecule has 1 aliphatic heterocycles. The molecule has 5 nitrogen and oxygen atoms in total. The number of likely N-dealkylation sites (tertiary alicyclic amines) is 1. The third-order valence-corrected chi connectivity index (χ3v) is 7.91. The number of sulfone groups is 1. The SMILES string of the molecule is CCNC(=NCCS(=O)(=O)c1ccccc1F)N1CCC(CSc2ccccc2)C1. The lowest BCUT2D eigenvalue weighted by atomic mass is 10.2. The maximum absolute atomic E-state index is 13.8. The molecule has 30 heavy (non-hydrogen) atoms. The molecule has 1 heterocycles. The van der Waals surface area contributed by atoms with Gasteiger partial charge in [-0.05, 0) is 43.5 Å². The summed E-state index contributed by atoms with van der Waals surface area (Å²) >= 11 is 1.86. The molecule has 1 aliphatic rings. The molecule has 3 rings (SSSR count). The van der Waals surface area contributed by atoms with E-state index >= 15 is 0 Å². The van der Waals surface area contributed by atoms with Crippen LogP contribution in [0.1, 0.15) is 13.3 Å². The summed E-state index contributed by atoms with van der Waals surface area (Å²) < 4.78 is 38.7. The fourth-order valence-electron chi connectivity index (χ4n) is 3.40. The Morgan fingerprint density at radius 3 is 2.67 bits per heavy atom. The molecule has 1 unspecified atom stereocenters. The van der Waals surface area contributed by atoms with Crippen LogP contribution in [0.3, 0.4) is 0 Å². The molecule has 1 saturated heterocycles. The van der Waals surface area contributed by atoms with Crippen molar-refractivity contribution in [1.82, 2.24) is 10.2 Å². The first-order valence-corrected chi connectivity index (χ1v) is 12.8.